The number of hydrazine groups is 1. The Hall–Kier alpha value is -2.73. The molecule has 0 fully saturated rings. The van der Waals surface area contributed by atoms with Gasteiger partial charge in [0.05, 0.1) is 23.8 Å². The van der Waals surface area contributed by atoms with Gasteiger partial charge < -0.3 is 5.01 Å². The highest BCUT2D eigenvalue weighted by atomic mass is 19.1. The molecule has 26 heavy (non-hydrogen) atoms. The number of halogens is 1. The number of hydrogen-bond acceptors (Lipinski definition) is 4. The highest BCUT2D eigenvalue weighted by Gasteiger charge is 2.28. The third-order valence-corrected chi connectivity index (χ3v) is 5.11. The Bertz CT molecular complexity index is 1010. The number of allylic oxidation sites excluding steroid dienone is 1. The Morgan fingerprint density at radius 3 is 2.69 bits per heavy atom. The smallest absolute Gasteiger partial charge is 0.213 e. The van der Waals surface area contributed by atoms with Gasteiger partial charge in [-0.25, -0.2) is 9.99 Å². The van der Waals surface area contributed by atoms with E-state index in [1.807, 2.05) is 24.7 Å². The third kappa shape index (κ3) is 2.76. The van der Waals surface area contributed by atoms with E-state index in [9.17, 15) is 4.39 Å². The van der Waals surface area contributed by atoms with E-state index in [2.05, 4.69) is 58.3 Å². The molecule has 0 N–H and O–H groups in total. The highest BCUT2D eigenvalue weighted by Crippen LogP contribution is 2.34. The summed E-state index contributed by atoms with van der Waals surface area (Å²) in [5.74, 6) is -0.444. The number of aromatic nitrogens is 3. The van der Waals surface area contributed by atoms with Gasteiger partial charge in [0.1, 0.15) is 0 Å². The van der Waals surface area contributed by atoms with Crippen LogP contribution in [0.2, 0.25) is 0 Å². The fraction of sp³-hybridized carbons (Fsp3) is 0.300. The zero-order chi connectivity index (χ0) is 18.4. The van der Waals surface area contributed by atoms with Gasteiger partial charge in [-0.1, -0.05) is 6.07 Å². The van der Waals surface area contributed by atoms with Crippen molar-refractivity contribution in [1.82, 2.24) is 24.8 Å². The number of hydrogen-bond donors (Lipinski definition) is 0. The molecule has 1 atom stereocenters. The quantitative estimate of drug-likeness (QED) is 0.674. The van der Waals surface area contributed by atoms with E-state index in [4.69, 9.17) is 0 Å². The summed E-state index contributed by atoms with van der Waals surface area (Å²) < 4.78 is 15.3. The fourth-order valence-electron chi connectivity index (χ4n) is 3.73. The number of pyridine rings is 1. The second kappa shape index (κ2) is 6.21. The summed E-state index contributed by atoms with van der Waals surface area (Å²) in [6.45, 7) is 4.74. The van der Waals surface area contributed by atoms with Crippen molar-refractivity contribution in [2.75, 3.05) is 7.05 Å². The molecule has 0 spiro atoms. The summed E-state index contributed by atoms with van der Waals surface area (Å²) in [4.78, 5) is 3.63. The van der Waals surface area contributed by atoms with E-state index in [1.165, 1.54) is 23.2 Å². The average molecular weight is 351 g/mol. The van der Waals surface area contributed by atoms with Crippen molar-refractivity contribution in [2.24, 2.45) is 7.05 Å². The Morgan fingerprint density at radius 2 is 1.92 bits per heavy atom. The van der Waals surface area contributed by atoms with E-state index in [-0.39, 0.29) is 6.04 Å². The molecule has 1 aromatic carbocycles. The van der Waals surface area contributed by atoms with Gasteiger partial charge in [-0.15, -0.1) is 0 Å². The summed E-state index contributed by atoms with van der Waals surface area (Å²) >= 11 is 0. The number of aryl methyl sites for hydroxylation is 2. The van der Waals surface area contributed by atoms with Crippen molar-refractivity contribution < 1.29 is 4.39 Å². The summed E-state index contributed by atoms with van der Waals surface area (Å²) in [6, 6.07) is 9.98. The molecule has 0 radical (unpaired) electrons. The lowest BCUT2D eigenvalue weighted by atomic mass is 10.0. The summed E-state index contributed by atoms with van der Waals surface area (Å²) in [7, 11) is 4.03. The highest BCUT2D eigenvalue weighted by molar-refractivity contribution is 5.82. The van der Waals surface area contributed by atoms with E-state index >= 15 is 0 Å². The van der Waals surface area contributed by atoms with Gasteiger partial charge in [0.25, 0.3) is 0 Å². The van der Waals surface area contributed by atoms with Crippen molar-refractivity contribution in [1.29, 1.82) is 0 Å². The van der Waals surface area contributed by atoms with E-state index in [1.54, 1.807) is 0 Å². The van der Waals surface area contributed by atoms with Crippen molar-refractivity contribution in [2.45, 2.75) is 26.4 Å². The van der Waals surface area contributed by atoms with Crippen LogP contribution in [0.5, 0.6) is 0 Å². The topological polar surface area (TPSA) is 37.2 Å². The predicted molar refractivity (Wildman–Crippen MR) is 99.5 cm³/mol. The molecule has 1 aliphatic rings. The zero-order valence-electron chi connectivity index (χ0n) is 15.4. The molecule has 3 aromatic rings. The second-order valence-electron chi connectivity index (χ2n) is 6.86. The van der Waals surface area contributed by atoms with Crippen molar-refractivity contribution in [3.8, 4) is 0 Å². The van der Waals surface area contributed by atoms with Crippen molar-refractivity contribution >= 4 is 10.9 Å². The molecule has 0 bridgehead atoms. The van der Waals surface area contributed by atoms with Gasteiger partial charge in [-0.05, 0) is 55.3 Å². The van der Waals surface area contributed by atoms with Crippen LogP contribution < -0.4 is 0 Å². The maximum absolute atomic E-state index is 13.4. The number of fused-ring (bicyclic) bond motifs is 1. The van der Waals surface area contributed by atoms with Gasteiger partial charge in [-0.2, -0.15) is 9.49 Å². The summed E-state index contributed by atoms with van der Waals surface area (Å²) in [6.07, 6.45) is 3.75. The van der Waals surface area contributed by atoms with Gasteiger partial charge >= 0.3 is 0 Å². The van der Waals surface area contributed by atoms with Crippen molar-refractivity contribution in [3.63, 3.8) is 0 Å². The fourth-order valence-corrected chi connectivity index (χ4v) is 3.73. The molecule has 0 saturated carbocycles. The Balaban J connectivity index is 1.63. The van der Waals surface area contributed by atoms with Gasteiger partial charge in [0, 0.05) is 31.4 Å². The lowest BCUT2D eigenvalue weighted by Crippen LogP contribution is -2.34. The molecule has 0 saturated heterocycles. The lowest BCUT2D eigenvalue weighted by molar-refractivity contribution is 0.0268. The van der Waals surface area contributed by atoms with Crippen LogP contribution in [0.1, 0.15) is 29.8 Å². The van der Waals surface area contributed by atoms with Crippen LogP contribution in [-0.4, -0.2) is 31.8 Å². The lowest BCUT2D eigenvalue weighted by Gasteiger charge is -2.32. The summed E-state index contributed by atoms with van der Waals surface area (Å²) in [5, 5.41) is 10.0. The molecule has 4 rings (SSSR count). The van der Waals surface area contributed by atoms with Crippen LogP contribution in [0, 0.1) is 12.9 Å². The first kappa shape index (κ1) is 16.7. The minimum Gasteiger partial charge on any atom is -0.305 e. The van der Waals surface area contributed by atoms with E-state index in [0.717, 1.165) is 22.5 Å². The first-order valence-corrected chi connectivity index (χ1v) is 8.66. The van der Waals surface area contributed by atoms with Gasteiger partial charge in [-0.3, -0.25) is 4.68 Å². The Kier molecular flexibility index (Phi) is 4.00. The van der Waals surface area contributed by atoms with Crippen LogP contribution >= 0.6 is 0 Å². The normalized spacial score (nSPS) is 18.0. The molecule has 3 heterocycles. The first-order valence-electron chi connectivity index (χ1n) is 8.66. The average Bonchev–Trinajstić information content (AvgIpc) is 3.05. The van der Waals surface area contributed by atoms with Crippen LogP contribution in [0.25, 0.3) is 10.9 Å². The molecule has 6 heteroatoms. The first-order chi connectivity index (χ1) is 12.4. The number of benzene rings is 1. The number of likely N-dealkylation sites (N-methyl/N-ethyl adjacent to an activating group) is 1. The SMILES string of the molecule is CC1=CC(c2ccc3c(c2)c(C)nn3C)N(C)N1Cc1ccnc(F)c1. The molecule has 134 valence electrons. The minimum atomic E-state index is -0.444. The van der Waals surface area contributed by atoms with E-state index < -0.39 is 5.95 Å². The Labute approximate surface area is 152 Å². The Morgan fingerprint density at radius 1 is 1.12 bits per heavy atom. The molecule has 1 aliphatic heterocycles. The van der Waals surface area contributed by atoms with Crippen LogP contribution in [0.4, 0.5) is 4.39 Å². The number of rotatable bonds is 3. The standard InChI is InChI=1S/C20H22FN5/c1-13-9-19(16-5-6-18-17(11-16)14(2)23-24(18)3)25(4)26(13)12-15-7-8-22-20(21)10-15/h5-11,19H,12H2,1-4H3. The molecule has 1 unspecified atom stereocenters. The molecule has 0 amide bonds. The van der Waals surface area contributed by atoms with Crippen molar-refractivity contribution in [3.05, 3.63) is 71.1 Å². The third-order valence-electron chi connectivity index (χ3n) is 5.11. The van der Waals surface area contributed by atoms with E-state index in [0.29, 0.717) is 6.54 Å². The molecule has 2 aromatic heterocycles. The second-order valence-corrected chi connectivity index (χ2v) is 6.86. The predicted octanol–water partition coefficient (Wildman–Crippen LogP) is 3.72. The zero-order valence-corrected chi connectivity index (χ0v) is 15.4. The van der Waals surface area contributed by atoms with Crippen LogP contribution in [0.15, 0.2) is 48.3 Å². The van der Waals surface area contributed by atoms with Gasteiger partial charge in [0.2, 0.25) is 5.95 Å². The maximum atomic E-state index is 13.4. The largest absolute Gasteiger partial charge is 0.305 e. The molecular formula is C20H22FN5. The minimum absolute atomic E-state index is 0.144. The monoisotopic (exact) mass is 351 g/mol. The maximum Gasteiger partial charge on any atom is 0.213 e. The number of nitrogens with zero attached hydrogens (tertiary/aromatic N) is 5. The summed E-state index contributed by atoms with van der Waals surface area (Å²) in [5.41, 5.74) is 5.44. The molecule has 0 aliphatic carbocycles. The van der Waals surface area contributed by atoms with Crippen LogP contribution in [-0.2, 0) is 13.6 Å². The van der Waals surface area contributed by atoms with Gasteiger partial charge in [0.15, 0.2) is 0 Å². The van der Waals surface area contributed by atoms with Crippen LogP contribution in [0.3, 0.4) is 0 Å². The molecular weight excluding hydrogens is 329 g/mol. The molecule has 5 nitrogen and oxygen atoms in total.